The Kier molecular flexibility index (Phi) is 6.07. The first kappa shape index (κ1) is 21.8. The van der Waals surface area contributed by atoms with Crippen LogP contribution in [0.15, 0.2) is 88.2 Å². The highest BCUT2D eigenvalue weighted by Gasteiger charge is 2.20. The van der Waals surface area contributed by atoms with Gasteiger partial charge < -0.3 is 9.32 Å². The molecule has 6 rings (SSSR count). The van der Waals surface area contributed by atoms with E-state index in [9.17, 15) is 0 Å². The summed E-state index contributed by atoms with van der Waals surface area (Å²) in [6, 6.07) is 27.3. The third-order valence-corrected chi connectivity index (χ3v) is 8.50. The van der Waals surface area contributed by atoms with E-state index in [1.54, 1.807) is 0 Å². The van der Waals surface area contributed by atoms with Crippen LogP contribution in [0, 0.1) is 0 Å². The lowest BCUT2D eigenvalue weighted by atomic mass is 9.93. The molecule has 0 radical (unpaired) electrons. The number of benzene rings is 3. The summed E-state index contributed by atoms with van der Waals surface area (Å²) in [6.07, 6.45) is 6.97. The van der Waals surface area contributed by atoms with Crippen LogP contribution in [0.1, 0.15) is 47.8 Å². The van der Waals surface area contributed by atoms with Crippen LogP contribution in [0.2, 0.25) is 0 Å². The van der Waals surface area contributed by atoms with Gasteiger partial charge in [-0.05, 0) is 84.8 Å². The van der Waals surface area contributed by atoms with E-state index < -0.39 is 0 Å². The van der Waals surface area contributed by atoms with Crippen LogP contribution >= 0.6 is 11.8 Å². The van der Waals surface area contributed by atoms with Gasteiger partial charge in [-0.15, -0.1) is 11.8 Å². The minimum atomic E-state index is 0.710. The van der Waals surface area contributed by atoms with Crippen molar-refractivity contribution in [3.63, 3.8) is 0 Å². The van der Waals surface area contributed by atoms with E-state index in [0.717, 1.165) is 36.5 Å². The molecule has 3 heterocycles. The summed E-state index contributed by atoms with van der Waals surface area (Å²) in [7, 11) is 0. The number of rotatable bonds is 5. The molecular weight excluding hydrogens is 434 g/mol. The highest BCUT2D eigenvalue weighted by molar-refractivity contribution is 7.98. The third kappa shape index (κ3) is 4.35. The normalized spacial score (nSPS) is 19.3. The van der Waals surface area contributed by atoms with E-state index in [-0.39, 0.29) is 0 Å². The second kappa shape index (κ2) is 9.48. The second-order valence-corrected chi connectivity index (χ2v) is 10.6. The molecule has 1 fully saturated rings. The van der Waals surface area contributed by atoms with Gasteiger partial charge in [-0.3, -0.25) is 0 Å². The van der Waals surface area contributed by atoms with Crippen LogP contribution in [-0.4, -0.2) is 24.0 Å². The lowest BCUT2D eigenvalue weighted by molar-refractivity contribution is 0.266. The van der Waals surface area contributed by atoms with E-state index in [1.165, 1.54) is 57.5 Å². The standard InChI is InChI=1S/C31H31NOS/c1-22-7-6-17-32(22)18-16-26-20-25-19-23(13-15-30(25)33-26)12-14-28-27-9-3-2-8-24(27)21-34-31-11-5-4-10-29(28)31/h2-5,8-11,13-15,19-20,22H,6-7,12,16-18,21H2,1H3/t22-/m1/s1. The number of likely N-dealkylation sites (tertiary alicyclic amines) is 1. The first-order valence-electron chi connectivity index (χ1n) is 12.5. The minimum Gasteiger partial charge on any atom is -0.461 e. The van der Waals surface area contributed by atoms with Crippen molar-refractivity contribution < 1.29 is 4.42 Å². The topological polar surface area (TPSA) is 16.4 Å². The number of hydrogen-bond acceptors (Lipinski definition) is 3. The minimum absolute atomic E-state index is 0.710. The van der Waals surface area contributed by atoms with Gasteiger partial charge in [-0.1, -0.05) is 54.6 Å². The first-order chi connectivity index (χ1) is 16.7. The van der Waals surface area contributed by atoms with E-state index in [1.807, 2.05) is 11.8 Å². The van der Waals surface area contributed by atoms with Gasteiger partial charge in [0, 0.05) is 35.0 Å². The summed E-state index contributed by atoms with van der Waals surface area (Å²) in [5, 5.41) is 1.22. The summed E-state index contributed by atoms with van der Waals surface area (Å²) < 4.78 is 6.18. The molecule has 1 saturated heterocycles. The molecule has 34 heavy (non-hydrogen) atoms. The summed E-state index contributed by atoms with van der Waals surface area (Å²) in [5.41, 5.74) is 7.80. The van der Waals surface area contributed by atoms with Gasteiger partial charge in [0.15, 0.2) is 0 Å². The summed E-state index contributed by atoms with van der Waals surface area (Å²) in [5.74, 6) is 2.12. The zero-order valence-electron chi connectivity index (χ0n) is 19.8. The highest BCUT2D eigenvalue weighted by Crippen LogP contribution is 2.40. The van der Waals surface area contributed by atoms with Crippen molar-refractivity contribution in [2.75, 3.05) is 13.1 Å². The van der Waals surface area contributed by atoms with Gasteiger partial charge in [-0.25, -0.2) is 0 Å². The molecule has 0 amide bonds. The van der Waals surface area contributed by atoms with Crippen LogP contribution in [0.5, 0.6) is 0 Å². The average molecular weight is 466 g/mol. The smallest absolute Gasteiger partial charge is 0.134 e. The number of hydrogen-bond donors (Lipinski definition) is 0. The van der Waals surface area contributed by atoms with Crippen molar-refractivity contribution >= 4 is 28.3 Å². The Morgan fingerprint density at radius 2 is 1.85 bits per heavy atom. The maximum Gasteiger partial charge on any atom is 0.134 e. The fourth-order valence-corrected chi connectivity index (χ4v) is 6.51. The molecule has 0 aliphatic carbocycles. The highest BCUT2D eigenvalue weighted by atomic mass is 32.2. The molecule has 4 aromatic rings. The SMILES string of the molecule is C[C@@H]1CCCN1CCc1cc2cc(CC=C3c4ccccc4CSc4ccccc43)ccc2o1. The molecule has 0 bridgehead atoms. The molecule has 3 aromatic carbocycles. The van der Waals surface area contributed by atoms with Gasteiger partial charge in [0.05, 0.1) is 0 Å². The molecule has 0 saturated carbocycles. The van der Waals surface area contributed by atoms with Crippen molar-refractivity contribution in [3.05, 3.63) is 107 Å². The van der Waals surface area contributed by atoms with Crippen LogP contribution in [-0.2, 0) is 18.6 Å². The van der Waals surface area contributed by atoms with E-state index in [0.29, 0.717) is 6.04 Å². The Balaban J connectivity index is 1.26. The van der Waals surface area contributed by atoms with Crippen molar-refractivity contribution in [1.29, 1.82) is 0 Å². The Morgan fingerprint density at radius 3 is 2.74 bits per heavy atom. The van der Waals surface area contributed by atoms with Gasteiger partial charge >= 0.3 is 0 Å². The average Bonchev–Trinajstić information content (AvgIpc) is 3.43. The molecule has 0 N–H and O–H groups in total. The van der Waals surface area contributed by atoms with Gasteiger partial charge in [0.25, 0.3) is 0 Å². The maximum absolute atomic E-state index is 6.18. The number of furan rings is 1. The molecule has 1 atom stereocenters. The molecule has 2 aliphatic heterocycles. The third-order valence-electron chi connectivity index (χ3n) is 7.38. The quantitative estimate of drug-likeness (QED) is 0.300. The second-order valence-electron chi connectivity index (χ2n) is 9.63. The monoisotopic (exact) mass is 465 g/mol. The predicted octanol–water partition coefficient (Wildman–Crippen LogP) is 7.74. The fourth-order valence-electron chi connectivity index (χ4n) is 5.44. The van der Waals surface area contributed by atoms with Gasteiger partial charge in [0.2, 0.25) is 0 Å². The largest absolute Gasteiger partial charge is 0.461 e. The van der Waals surface area contributed by atoms with E-state index in [4.69, 9.17) is 4.42 Å². The molecule has 2 aliphatic rings. The maximum atomic E-state index is 6.18. The molecule has 3 heteroatoms. The number of fused-ring (bicyclic) bond motifs is 3. The molecule has 2 nitrogen and oxygen atoms in total. The Morgan fingerprint density at radius 1 is 1.00 bits per heavy atom. The van der Waals surface area contributed by atoms with Crippen LogP contribution in [0.3, 0.4) is 0 Å². The van der Waals surface area contributed by atoms with Crippen molar-refractivity contribution in [3.8, 4) is 0 Å². The Hall–Kier alpha value is -2.75. The van der Waals surface area contributed by atoms with Crippen LogP contribution in [0.4, 0.5) is 0 Å². The molecule has 1 aromatic heterocycles. The summed E-state index contributed by atoms with van der Waals surface area (Å²) in [6.45, 7) is 4.66. The fraction of sp³-hybridized carbons (Fsp3) is 0.290. The molecule has 0 spiro atoms. The lowest BCUT2D eigenvalue weighted by Crippen LogP contribution is -2.28. The predicted molar refractivity (Wildman–Crippen MR) is 143 cm³/mol. The van der Waals surface area contributed by atoms with Crippen LogP contribution < -0.4 is 0 Å². The van der Waals surface area contributed by atoms with Crippen molar-refractivity contribution in [1.82, 2.24) is 4.90 Å². The molecule has 172 valence electrons. The summed E-state index contributed by atoms with van der Waals surface area (Å²) >= 11 is 1.94. The van der Waals surface area contributed by atoms with Gasteiger partial charge in [0.1, 0.15) is 11.3 Å². The summed E-state index contributed by atoms with van der Waals surface area (Å²) in [4.78, 5) is 3.96. The van der Waals surface area contributed by atoms with Crippen LogP contribution in [0.25, 0.3) is 16.5 Å². The first-order valence-corrected chi connectivity index (χ1v) is 13.5. The number of nitrogens with zero attached hydrogens (tertiary/aromatic N) is 1. The lowest BCUT2D eigenvalue weighted by Gasteiger charge is -2.19. The van der Waals surface area contributed by atoms with Crippen molar-refractivity contribution in [2.45, 2.75) is 49.3 Å². The Bertz CT molecular complexity index is 1300. The van der Waals surface area contributed by atoms with E-state index >= 15 is 0 Å². The van der Waals surface area contributed by atoms with Gasteiger partial charge in [-0.2, -0.15) is 0 Å². The van der Waals surface area contributed by atoms with Crippen molar-refractivity contribution in [2.24, 2.45) is 0 Å². The van der Waals surface area contributed by atoms with E-state index in [2.05, 4.69) is 90.7 Å². The number of allylic oxidation sites excluding steroid dienone is 1. The zero-order chi connectivity index (χ0) is 22.9. The zero-order valence-corrected chi connectivity index (χ0v) is 20.6. The molecule has 0 unspecified atom stereocenters. The molecular formula is C31H31NOS. The number of thioether (sulfide) groups is 1. The Labute approximate surface area is 206 Å².